The van der Waals surface area contributed by atoms with Gasteiger partial charge in [0.1, 0.15) is 0 Å². The summed E-state index contributed by atoms with van der Waals surface area (Å²) in [4.78, 5) is 15.0. The van der Waals surface area contributed by atoms with Gasteiger partial charge in [0.05, 0.1) is 0 Å². The molecule has 1 fully saturated rings. The Labute approximate surface area is 170 Å². The Morgan fingerprint density at radius 3 is 2.72 bits per heavy atom. The molecular weight excluding hydrogens is 364 g/mol. The van der Waals surface area contributed by atoms with Crippen molar-refractivity contribution in [2.24, 2.45) is 0 Å². The van der Waals surface area contributed by atoms with E-state index in [1.54, 1.807) is 0 Å². The Bertz CT molecular complexity index is 1040. The van der Waals surface area contributed by atoms with Crippen molar-refractivity contribution in [2.45, 2.75) is 31.8 Å². The van der Waals surface area contributed by atoms with Crippen molar-refractivity contribution < 1.29 is 14.3 Å². The Hall–Kier alpha value is -3.05. The van der Waals surface area contributed by atoms with Gasteiger partial charge in [-0.1, -0.05) is 42.5 Å². The molecule has 2 aliphatic rings. The minimum atomic E-state index is 0.0208. The van der Waals surface area contributed by atoms with E-state index in [1.165, 1.54) is 29.2 Å². The van der Waals surface area contributed by atoms with Crippen LogP contribution in [-0.4, -0.2) is 30.2 Å². The molecule has 5 nitrogen and oxygen atoms in total. The van der Waals surface area contributed by atoms with E-state index >= 15 is 0 Å². The highest BCUT2D eigenvalue weighted by Crippen LogP contribution is 2.34. The first kappa shape index (κ1) is 18.0. The molecule has 5 rings (SSSR count). The van der Waals surface area contributed by atoms with E-state index in [9.17, 15) is 4.79 Å². The van der Waals surface area contributed by atoms with E-state index in [2.05, 4.69) is 52.7 Å². The number of carbonyl (C=O) groups is 1. The van der Waals surface area contributed by atoms with Crippen LogP contribution in [0.15, 0.2) is 60.7 Å². The standard InChI is InChI=1S/C24H24N2O3/c27-24(25-19-8-11-22-23(14-19)29-16-28-22)12-13-26(20-9-10-20)15-18-6-3-5-17-4-1-2-7-21(17)18/h1-8,11,14,20H,9-10,12-13,15-16H2,(H,25,27). The first-order valence-electron chi connectivity index (χ1n) is 10.2. The quantitative estimate of drug-likeness (QED) is 0.645. The van der Waals surface area contributed by atoms with Gasteiger partial charge in [0.15, 0.2) is 11.5 Å². The van der Waals surface area contributed by atoms with Crippen LogP contribution >= 0.6 is 0 Å². The van der Waals surface area contributed by atoms with Crippen molar-refractivity contribution in [3.63, 3.8) is 0 Å². The fourth-order valence-corrected chi connectivity index (χ4v) is 3.92. The highest BCUT2D eigenvalue weighted by Gasteiger charge is 2.29. The molecule has 0 bridgehead atoms. The summed E-state index contributed by atoms with van der Waals surface area (Å²) in [5, 5.41) is 5.54. The number of amides is 1. The minimum absolute atomic E-state index is 0.0208. The summed E-state index contributed by atoms with van der Waals surface area (Å²) >= 11 is 0. The van der Waals surface area contributed by atoms with Gasteiger partial charge in [-0.05, 0) is 41.3 Å². The zero-order valence-corrected chi connectivity index (χ0v) is 16.3. The number of rotatable bonds is 7. The van der Waals surface area contributed by atoms with Gasteiger partial charge < -0.3 is 14.8 Å². The third kappa shape index (κ3) is 4.05. The van der Waals surface area contributed by atoms with Crippen molar-refractivity contribution >= 4 is 22.4 Å². The van der Waals surface area contributed by atoms with Crippen LogP contribution in [0.3, 0.4) is 0 Å². The van der Waals surface area contributed by atoms with Crippen molar-refractivity contribution in [3.8, 4) is 11.5 Å². The zero-order chi connectivity index (χ0) is 19.6. The SMILES string of the molecule is O=C(CCN(Cc1cccc2ccccc12)C1CC1)Nc1ccc2c(c1)OCO2. The number of hydrogen-bond donors (Lipinski definition) is 1. The maximum absolute atomic E-state index is 12.5. The van der Waals surface area contributed by atoms with Crippen LogP contribution in [0.2, 0.25) is 0 Å². The summed E-state index contributed by atoms with van der Waals surface area (Å²) in [7, 11) is 0. The second-order valence-corrected chi connectivity index (χ2v) is 7.71. The molecule has 1 aliphatic carbocycles. The van der Waals surface area contributed by atoms with Gasteiger partial charge in [-0.3, -0.25) is 9.69 Å². The molecule has 0 saturated heterocycles. The monoisotopic (exact) mass is 388 g/mol. The lowest BCUT2D eigenvalue weighted by atomic mass is 10.0. The number of benzene rings is 3. The second kappa shape index (κ2) is 7.76. The van der Waals surface area contributed by atoms with Gasteiger partial charge in [-0.2, -0.15) is 0 Å². The molecule has 1 N–H and O–H groups in total. The van der Waals surface area contributed by atoms with Crippen LogP contribution in [0.5, 0.6) is 11.5 Å². The average molecular weight is 388 g/mol. The topological polar surface area (TPSA) is 50.8 Å². The first-order valence-corrected chi connectivity index (χ1v) is 10.2. The van der Waals surface area contributed by atoms with Gasteiger partial charge in [0, 0.05) is 37.3 Å². The number of hydrogen-bond acceptors (Lipinski definition) is 4. The molecule has 0 aromatic heterocycles. The number of anilines is 1. The Morgan fingerprint density at radius 1 is 1.00 bits per heavy atom. The summed E-state index contributed by atoms with van der Waals surface area (Å²) in [5.41, 5.74) is 2.07. The predicted octanol–water partition coefficient (Wildman–Crippen LogP) is 4.56. The van der Waals surface area contributed by atoms with Gasteiger partial charge in [-0.15, -0.1) is 0 Å². The fourth-order valence-electron chi connectivity index (χ4n) is 3.92. The van der Waals surface area contributed by atoms with Crippen LogP contribution in [0, 0.1) is 0 Å². The normalized spacial score (nSPS) is 15.1. The van der Waals surface area contributed by atoms with Crippen molar-refractivity contribution in [1.82, 2.24) is 4.90 Å². The van der Waals surface area contributed by atoms with Crippen LogP contribution in [0.1, 0.15) is 24.8 Å². The van der Waals surface area contributed by atoms with E-state index in [0.29, 0.717) is 18.2 Å². The average Bonchev–Trinajstić information content (AvgIpc) is 3.48. The molecule has 148 valence electrons. The molecule has 3 aromatic rings. The summed E-state index contributed by atoms with van der Waals surface area (Å²) < 4.78 is 10.7. The lowest BCUT2D eigenvalue weighted by Crippen LogP contribution is -2.29. The molecule has 29 heavy (non-hydrogen) atoms. The minimum Gasteiger partial charge on any atom is -0.454 e. The Balaban J connectivity index is 1.23. The van der Waals surface area contributed by atoms with Gasteiger partial charge in [0.2, 0.25) is 12.7 Å². The second-order valence-electron chi connectivity index (χ2n) is 7.71. The molecule has 0 unspecified atom stereocenters. The predicted molar refractivity (Wildman–Crippen MR) is 113 cm³/mol. The third-order valence-electron chi connectivity index (χ3n) is 5.60. The highest BCUT2D eigenvalue weighted by atomic mass is 16.7. The molecule has 3 aromatic carbocycles. The summed E-state index contributed by atoms with van der Waals surface area (Å²) in [6.07, 6.45) is 2.90. The van der Waals surface area contributed by atoms with Crippen molar-refractivity contribution in [3.05, 3.63) is 66.2 Å². The molecular formula is C24H24N2O3. The van der Waals surface area contributed by atoms with Gasteiger partial charge >= 0.3 is 0 Å². The lowest BCUT2D eigenvalue weighted by Gasteiger charge is -2.22. The maximum Gasteiger partial charge on any atom is 0.231 e. The first-order chi connectivity index (χ1) is 14.3. The van der Waals surface area contributed by atoms with E-state index in [4.69, 9.17) is 9.47 Å². The van der Waals surface area contributed by atoms with E-state index < -0.39 is 0 Å². The number of fused-ring (bicyclic) bond motifs is 2. The third-order valence-corrected chi connectivity index (χ3v) is 5.60. The molecule has 0 radical (unpaired) electrons. The van der Waals surface area contributed by atoms with Crippen LogP contribution < -0.4 is 14.8 Å². The molecule has 0 spiro atoms. The van der Waals surface area contributed by atoms with Crippen molar-refractivity contribution in [2.75, 3.05) is 18.7 Å². The van der Waals surface area contributed by atoms with Crippen LogP contribution in [0.25, 0.3) is 10.8 Å². The molecule has 1 saturated carbocycles. The number of ether oxygens (including phenoxy) is 2. The van der Waals surface area contributed by atoms with Gasteiger partial charge in [-0.25, -0.2) is 0 Å². The van der Waals surface area contributed by atoms with Gasteiger partial charge in [0.25, 0.3) is 0 Å². The summed E-state index contributed by atoms with van der Waals surface area (Å²) in [5.74, 6) is 1.42. The molecule has 1 heterocycles. The largest absolute Gasteiger partial charge is 0.454 e. The lowest BCUT2D eigenvalue weighted by molar-refractivity contribution is -0.116. The van der Waals surface area contributed by atoms with E-state index in [0.717, 1.165) is 24.5 Å². The van der Waals surface area contributed by atoms with Crippen molar-refractivity contribution in [1.29, 1.82) is 0 Å². The summed E-state index contributed by atoms with van der Waals surface area (Å²) in [6, 6.07) is 21.0. The molecule has 1 aliphatic heterocycles. The fraction of sp³-hybridized carbons (Fsp3) is 0.292. The molecule has 5 heteroatoms. The smallest absolute Gasteiger partial charge is 0.231 e. The number of nitrogens with one attached hydrogen (secondary N) is 1. The Morgan fingerprint density at radius 2 is 1.83 bits per heavy atom. The highest BCUT2D eigenvalue weighted by molar-refractivity contribution is 5.91. The summed E-state index contributed by atoms with van der Waals surface area (Å²) in [6.45, 7) is 1.87. The molecule has 0 atom stereocenters. The van der Waals surface area contributed by atoms with E-state index in [-0.39, 0.29) is 12.7 Å². The van der Waals surface area contributed by atoms with Crippen LogP contribution in [0.4, 0.5) is 5.69 Å². The molecule has 1 amide bonds. The maximum atomic E-state index is 12.5. The Kier molecular flexibility index (Phi) is 4.82. The number of nitrogens with zero attached hydrogens (tertiary/aromatic N) is 1. The van der Waals surface area contributed by atoms with Crippen LogP contribution in [-0.2, 0) is 11.3 Å². The number of carbonyl (C=O) groups excluding carboxylic acids is 1. The van der Waals surface area contributed by atoms with E-state index in [1.807, 2.05) is 18.2 Å². The zero-order valence-electron chi connectivity index (χ0n) is 16.3.